The van der Waals surface area contributed by atoms with Gasteiger partial charge in [0.25, 0.3) is 5.22 Å². The van der Waals surface area contributed by atoms with Gasteiger partial charge in [0, 0.05) is 28.1 Å². The van der Waals surface area contributed by atoms with Crippen molar-refractivity contribution in [3.05, 3.63) is 41.9 Å². The van der Waals surface area contributed by atoms with Crippen LogP contribution >= 0.6 is 11.8 Å². The third kappa shape index (κ3) is 2.87. The number of carbonyl (C=O) groups excluding carboxylic acids is 1. The molecule has 0 spiro atoms. The van der Waals surface area contributed by atoms with Crippen LogP contribution in [0.3, 0.4) is 0 Å². The van der Waals surface area contributed by atoms with E-state index in [-0.39, 0.29) is 16.4 Å². The average molecular weight is 408 g/mol. The van der Waals surface area contributed by atoms with Crippen molar-refractivity contribution < 1.29 is 9.21 Å². The van der Waals surface area contributed by atoms with Crippen molar-refractivity contribution in [1.29, 1.82) is 0 Å². The predicted molar refractivity (Wildman–Crippen MR) is 112 cm³/mol. The number of aromatic amines is 1. The number of nitrogens with zero attached hydrogens (tertiary/aromatic N) is 2. The lowest BCUT2D eigenvalue weighted by Gasteiger charge is -2.55. The number of fused-ring (bicyclic) bond motifs is 1. The number of hydrogen-bond donors (Lipinski definition) is 1. The van der Waals surface area contributed by atoms with Crippen molar-refractivity contribution in [3.63, 3.8) is 0 Å². The summed E-state index contributed by atoms with van der Waals surface area (Å²) in [5.41, 5.74) is 1.81. The lowest BCUT2D eigenvalue weighted by Crippen LogP contribution is -2.48. The Bertz CT molecular complexity index is 1050. The Morgan fingerprint density at radius 2 is 1.83 bits per heavy atom. The van der Waals surface area contributed by atoms with Crippen LogP contribution in [0.2, 0.25) is 0 Å². The number of Topliss-reactive ketones (excluding diaryl/α,β-unsaturated/α-hetero) is 1. The van der Waals surface area contributed by atoms with Crippen LogP contribution in [0.1, 0.15) is 61.7 Å². The quantitative estimate of drug-likeness (QED) is 0.454. The van der Waals surface area contributed by atoms with Crippen LogP contribution in [0.5, 0.6) is 0 Å². The highest BCUT2D eigenvalue weighted by atomic mass is 32.2. The third-order valence-electron chi connectivity index (χ3n) is 7.40. The summed E-state index contributed by atoms with van der Waals surface area (Å²) in [6.07, 6.45) is 9.60. The zero-order valence-corrected chi connectivity index (χ0v) is 17.4. The van der Waals surface area contributed by atoms with Crippen LogP contribution in [0, 0.1) is 17.8 Å². The molecule has 2 heterocycles. The second-order valence-electron chi connectivity index (χ2n) is 9.44. The van der Waals surface area contributed by atoms with Gasteiger partial charge in [-0.2, -0.15) is 0 Å². The molecule has 29 heavy (non-hydrogen) atoms. The molecule has 1 N–H and O–H groups in total. The maximum absolute atomic E-state index is 13.0. The molecule has 3 aromatic rings. The molecule has 150 valence electrons. The number of aromatic nitrogens is 3. The topological polar surface area (TPSA) is 71.8 Å². The van der Waals surface area contributed by atoms with Gasteiger partial charge in [0.15, 0.2) is 5.78 Å². The Balaban J connectivity index is 1.21. The summed E-state index contributed by atoms with van der Waals surface area (Å²) in [4.78, 5) is 16.2. The number of benzene rings is 1. The summed E-state index contributed by atoms with van der Waals surface area (Å²) in [5.74, 6) is 3.43. The third-order valence-corrected chi connectivity index (χ3v) is 8.33. The fourth-order valence-corrected chi connectivity index (χ4v) is 7.29. The van der Waals surface area contributed by atoms with Gasteiger partial charge in [-0.05, 0) is 69.3 Å². The second-order valence-corrected chi connectivity index (χ2v) is 10.7. The maximum Gasteiger partial charge on any atom is 0.277 e. The van der Waals surface area contributed by atoms with Crippen LogP contribution in [-0.4, -0.2) is 26.2 Å². The lowest BCUT2D eigenvalue weighted by molar-refractivity contribution is -0.0191. The first-order chi connectivity index (χ1) is 14.1. The Kier molecular flexibility index (Phi) is 3.95. The van der Waals surface area contributed by atoms with Gasteiger partial charge in [0.1, 0.15) is 0 Å². The molecule has 4 aliphatic rings. The molecule has 4 saturated carbocycles. The zero-order chi connectivity index (χ0) is 19.6. The standard InChI is InChI=1S/C23H25N3O2S/c1-13(20(27)18-12-24-19-5-3-2-4-17(18)19)29-22-26-25-21(28-22)23-9-14-6-15(10-23)8-16(7-14)11-23/h2-5,12-16,24H,6-11H2,1H3/t13-,14?,15?,16?,23?/m1/s1. The number of carbonyl (C=O) groups is 1. The van der Waals surface area contributed by atoms with E-state index in [4.69, 9.17) is 4.42 Å². The Labute approximate surface area is 174 Å². The predicted octanol–water partition coefficient (Wildman–Crippen LogP) is 5.38. The molecule has 0 saturated heterocycles. The zero-order valence-electron chi connectivity index (χ0n) is 16.6. The fraction of sp³-hybridized carbons (Fsp3) is 0.522. The number of rotatable bonds is 5. The van der Waals surface area contributed by atoms with Gasteiger partial charge in [0.2, 0.25) is 5.89 Å². The van der Waals surface area contributed by atoms with E-state index in [9.17, 15) is 4.79 Å². The minimum atomic E-state index is -0.279. The van der Waals surface area contributed by atoms with E-state index < -0.39 is 0 Å². The Morgan fingerprint density at radius 1 is 1.14 bits per heavy atom. The minimum Gasteiger partial charge on any atom is -0.415 e. The SMILES string of the molecule is C[C@@H](Sc1nnc(C23CC4CC(CC(C4)C2)C3)o1)C(=O)c1c[nH]c2ccccc12. The van der Waals surface area contributed by atoms with Crippen molar-refractivity contribution in [1.82, 2.24) is 15.2 Å². The van der Waals surface area contributed by atoms with E-state index in [1.807, 2.05) is 31.2 Å². The summed E-state index contributed by atoms with van der Waals surface area (Å²) in [6, 6.07) is 7.89. The Morgan fingerprint density at radius 3 is 2.55 bits per heavy atom. The van der Waals surface area contributed by atoms with E-state index in [1.165, 1.54) is 50.3 Å². The van der Waals surface area contributed by atoms with Gasteiger partial charge in [-0.25, -0.2) is 0 Å². The summed E-state index contributed by atoms with van der Waals surface area (Å²) in [5, 5.41) is 10.0. The molecule has 1 aromatic carbocycles. The molecular formula is C23H25N3O2S. The molecule has 0 aliphatic heterocycles. The molecule has 0 unspecified atom stereocenters. The molecule has 7 rings (SSSR count). The maximum atomic E-state index is 13.0. The molecule has 4 fully saturated rings. The highest BCUT2D eigenvalue weighted by Crippen LogP contribution is 2.60. The van der Waals surface area contributed by atoms with Crippen molar-refractivity contribution in [2.75, 3.05) is 0 Å². The average Bonchev–Trinajstić information content (AvgIpc) is 3.34. The van der Waals surface area contributed by atoms with E-state index in [1.54, 1.807) is 6.20 Å². The van der Waals surface area contributed by atoms with Gasteiger partial charge in [-0.15, -0.1) is 10.2 Å². The summed E-state index contributed by atoms with van der Waals surface area (Å²) >= 11 is 1.38. The normalized spacial score (nSPS) is 31.4. The molecule has 5 nitrogen and oxygen atoms in total. The number of ketones is 1. The van der Waals surface area contributed by atoms with Crippen LogP contribution in [0.25, 0.3) is 10.9 Å². The highest BCUT2D eigenvalue weighted by molar-refractivity contribution is 8.00. The monoisotopic (exact) mass is 407 g/mol. The van der Waals surface area contributed by atoms with Crippen molar-refractivity contribution in [3.8, 4) is 0 Å². The molecule has 4 aliphatic carbocycles. The minimum absolute atomic E-state index is 0.0852. The molecule has 2 aromatic heterocycles. The van der Waals surface area contributed by atoms with E-state index in [0.717, 1.165) is 40.1 Å². The summed E-state index contributed by atoms with van der Waals surface area (Å²) in [7, 11) is 0. The van der Waals surface area contributed by atoms with Crippen molar-refractivity contribution in [2.24, 2.45) is 17.8 Å². The molecular weight excluding hydrogens is 382 g/mol. The van der Waals surface area contributed by atoms with Crippen LogP contribution < -0.4 is 0 Å². The van der Waals surface area contributed by atoms with Crippen LogP contribution in [0.15, 0.2) is 40.1 Å². The number of para-hydroxylation sites is 1. The highest BCUT2D eigenvalue weighted by Gasteiger charge is 2.54. The molecule has 1 atom stereocenters. The molecule has 6 heteroatoms. The van der Waals surface area contributed by atoms with E-state index in [0.29, 0.717) is 5.22 Å². The first-order valence-corrected chi connectivity index (χ1v) is 11.6. The smallest absolute Gasteiger partial charge is 0.277 e. The first-order valence-electron chi connectivity index (χ1n) is 10.7. The van der Waals surface area contributed by atoms with Crippen LogP contribution in [-0.2, 0) is 5.41 Å². The molecule has 0 amide bonds. The van der Waals surface area contributed by atoms with Crippen molar-refractivity contribution >= 4 is 28.4 Å². The van der Waals surface area contributed by atoms with Gasteiger partial charge >= 0.3 is 0 Å². The largest absolute Gasteiger partial charge is 0.415 e. The van der Waals surface area contributed by atoms with Gasteiger partial charge in [-0.3, -0.25) is 4.79 Å². The number of thioether (sulfide) groups is 1. The molecule has 4 bridgehead atoms. The summed E-state index contributed by atoms with van der Waals surface area (Å²) < 4.78 is 6.17. The van der Waals surface area contributed by atoms with Gasteiger partial charge in [-0.1, -0.05) is 30.0 Å². The lowest BCUT2D eigenvalue weighted by atomic mass is 9.49. The molecule has 0 radical (unpaired) electrons. The number of hydrogen-bond acceptors (Lipinski definition) is 5. The van der Waals surface area contributed by atoms with E-state index in [2.05, 4.69) is 15.2 Å². The summed E-state index contributed by atoms with van der Waals surface area (Å²) in [6.45, 7) is 1.92. The van der Waals surface area contributed by atoms with Gasteiger partial charge < -0.3 is 9.40 Å². The first kappa shape index (κ1) is 17.8. The Hall–Kier alpha value is -2.08. The van der Waals surface area contributed by atoms with E-state index >= 15 is 0 Å². The second kappa shape index (κ2) is 6.46. The fourth-order valence-electron chi connectivity index (χ4n) is 6.54. The van der Waals surface area contributed by atoms with Crippen molar-refractivity contribution in [2.45, 2.75) is 61.3 Å². The number of nitrogens with one attached hydrogen (secondary N) is 1. The van der Waals surface area contributed by atoms with Gasteiger partial charge in [0.05, 0.1) is 5.25 Å². The number of H-pyrrole nitrogens is 1. The van der Waals surface area contributed by atoms with Crippen LogP contribution in [0.4, 0.5) is 0 Å².